The minimum absolute atomic E-state index is 0.00589. The van der Waals surface area contributed by atoms with Crippen LogP contribution in [0.5, 0.6) is 0 Å². The van der Waals surface area contributed by atoms with Gasteiger partial charge in [0.2, 0.25) is 0 Å². The summed E-state index contributed by atoms with van der Waals surface area (Å²) in [5, 5.41) is 30.0. The second-order valence-corrected chi connectivity index (χ2v) is 6.57. The lowest BCUT2D eigenvalue weighted by molar-refractivity contribution is -0.385. The number of non-ortho nitro benzene ring substituents is 2. The Balaban J connectivity index is 1.61. The minimum atomic E-state index is -0.523. The predicted molar refractivity (Wildman–Crippen MR) is 102 cm³/mol. The fourth-order valence-corrected chi connectivity index (χ4v) is 3.01. The van der Waals surface area contributed by atoms with Crippen LogP contribution < -0.4 is 0 Å². The van der Waals surface area contributed by atoms with Crippen LogP contribution in [0.2, 0.25) is 0 Å². The van der Waals surface area contributed by atoms with Crippen LogP contribution in [0, 0.1) is 20.2 Å². The number of carbonyl (C=O) groups excluding carboxylic acids is 1. The number of nitro groups is 2. The fourth-order valence-electron chi connectivity index (χ4n) is 2.30. The first-order valence-electron chi connectivity index (χ1n) is 7.93. The van der Waals surface area contributed by atoms with E-state index in [1.807, 2.05) is 0 Å². The molecule has 1 heterocycles. The van der Waals surface area contributed by atoms with E-state index in [1.165, 1.54) is 48.2 Å². The number of hydrogen-bond donors (Lipinski definition) is 0. The summed E-state index contributed by atoms with van der Waals surface area (Å²) in [5.74, 6) is -0.0650. The van der Waals surface area contributed by atoms with E-state index in [2.05, 4.69) is 10.2 Å². The first-order chi connectivity index (χ1) is 13.4. The van der Waals surface area contributed by atoms with Crippen molar-refractivity contribution in [2.75, 3.05) is 5.75 Å². The highest BCUT2D eigenvalue weighted by Crippen LogP contribution is 2.23. The summed E-state index contributed by atoms with van der Waals surface area (Å²) in [6.07, 6.45) is 0. The maximum absolute atomic E-state index is 12.2. The van der Waals surface area contributed by atoms with Crippen molar-refractivity contribution >= 4 is 28.9 Å². The Morgan fingerprint density at radius 2 is 1.39 bits per heavy atom. The fraction of sp³-hybridized carbons (Fsp3) is 0.0556. The molecular formula is C18H12N4O5S. The van der Waals surface area contributed by atoms with Crippen LogP contribution in [0.4, 0.5) is 11.4 Å². The van der Waals surface area contributed by atoms with Crippen molar-refractivity contribution in [2.24, 2.45) is 0 Å². The molecule has 10 heteroatoms. The first-order valence-corrected chi connectivity index (χ1v) is 8.91. The lowest BCUT2D eigenvalue weighted by Crippen LogP contribution is -2.03. The number of ketones is 1. The number of carbonyl (C=O) groups is 1. The minimum Gasteiger partial charge on any atom is -0.293 e. The Labute approximate surface area is 162 Å². The van der Waals surface area contributed by atoms with Gasteiger partial charge in [0, 0.05) is 35.4 Å². The molecule has 140 valence electrons. The number of benzene rings is 2. The highest BCUT2D eigenvalue weighted by Gasteiger charge is 2.11. The van der Waals surface area contributed by atoms with E-state index < -0.39 is 9.85 Å². The lowest BCUT2D eigenvalue weighted by atomic mass is 10.1. The van der Waals surface area contributed by atoms with Crippen molar-refractivity contribution < 1.29 is 14.6 Å². The topological polar surface area (TPSA) is 129 Å². The van der Waals surface area contributed by atoms with Crippen LogP contribution in [0.1, 0.15) is 10.4 Å². The second kappa shape index (κ2) is 8.35. The quantitative estimate of drug-likeness (QED) is 0.254. The number of rotatable bonds is 7. The molecule has 0 fully saturated rings. The monoisotopic (exact) mass is 396 g/mol. The molecule has 0 aliphatic carbocycles. The summed E-state index contributed by atoms with van der Waals surface area (Å²) in [5.41, 5.74) is 1.55. The molecule has 0 N–H and O–H groups in total. The van der Waals surface area contributed by atoms with Gasteiger partial charge >= 0.3 is 0 Å². The molecule has 0 saturated heterocycles. The maximum atomic E-state index is 12.2. The third-order valence-electron chi connectivity index (χ3n) is 3.77. The van der Waals surface area contributed by atoms with E-state index >= 15 is 0 Å². The van der Waals surface area contributed by atoms with Gasteiger partial charge in [-0.3, -0.25) is 25.0 Å². The smallest absolute Gasteiger partial charge is 0.269 e. The molecule has 0 aliphatic heterocycles. The molecule has 0 bridgehead atoms. The Morgan fingerprint density at radius 3 is 1.89 bits per heavy atom. The van der Waals surface area contributed by atoms with E-state index in [4.69, 9.17) is 0 Å². The number of nitrogens with zero attached hydrogens (tertiary/aromatic N) is 4. The average molecular weight is 396 g/mol. The van der Waals surface area contributed by atoms with Crippen molar-refractivity contribution in [1.29, 1.82) is 0 Å². The van der Waals surface area contributed by atoms with Gasteiger partial charge in [0.15, 0.2) is 5.78 Å². The van der Waals surface area contributed by atoms with E-state index in [-0.39, 0.29) is 22.9 Å². The van der Waals surface area contributed by atoms with Crippen LogP contribution >= 0.6 is 11.8 Å². The van der Waals surface area contributed by atoms with Gasteiger partial charge in [-0.25, -0.2) is 0 Å². The normalized spacial score (nSPS) is 10.4. The Hall–Kier alpha value is -3.66. The van der Waals surface area contributed by atoms with Crippen LogP contribution in [-0.4, -0.2) is 31.6 Å². The lowest BCUT2D eigenvalue weighted by Gasteiger charge is -2.03. The predicted octanol–water partition coefficient (Wildman–Crippen LogP) is 3.94. The number of hydrogen-bond acceptors (Lipinski definition) is 8. The molecule has 0 spiro atoms. The molecular weight excluding hydrogens is 384 g/mol. The Kier molecular flexibility index (Phi) is 5.70. The zero-order valence-electron chi connectivity index (χ0n) is 14.2. The van der Waals surface area contributed by atoms with Crippen LogP contribution in [-0.2, 0) is 0 Å². The largest absolute Gasteiger partial charge is 0.293 e. The Bertz CT molecular complexity index is 1020. The van der Waals surface area contributed by atoms with Gasteiger partial charge in [0.05, 0.1) is 21.3 Å². The third kappa shape index (κ3) is 4.54. The van der Waals surface area contributed by atoms with Crippen molar-refractivity contribution in [1.82, 2.24) is 10.2 Å². The molecule has 0 amide bonds. The van der Waals surface area contributed by atoms with Gasteiger partial charge < -0.3 is 0 Å². The molecule has 1 aromatic heterocycles. The van der Waals surface area contributed by atoms with Crippen LogP contribution in [0.3, 0.4) is 0 Å². The molecule has 28 heavy (non-hydrogen) atoms. The van der Waals surface area contributed by atoms with E-state index in [9.17, 15) is 25.0 Å². The van der Waals surface area contributed by atoms with E-state index in [0.717, 1.165) is 0 Å². The van der Waals surface area contributed by atoms with Gasteiger partial charge in [-0.05, 0) is 36.4 Å². The molecule has 0 aliphatic rings. The number of nitro benzene ring substituents is 2. The average Bonchev–Trinajstić information content (AvgIpc) is 2.72. The molecule has 0 saturated carbocycles. The van der Waals surface area contributed by atoms with Gasteiger partial charge in [-0.2, -0.15) is 0 Å². The summed E-state index contributed by atoms with van der Waals surface area (Å²) in [6, 6.07) is 14.8. The van der Waals surface area contributed by atoms with E-state index in [0.29, 0.717) is 21.8 Å². The third-order valence-corrected chi connectivity index (χ3v) is 4.69. The van der Waals surface area contributed by atoms with Gasteiger partial charge in [0.25, 0.3) is 11.4 Å². The van der Waals surface area contributed by atoms with Crippen molar-refractivity contribution in [3.8, 4) is 11.3 Å². The second-order valence-electron chi connectivity index (χ2n) is 5.58. The Morgan fingerprint density at radius 1 is 0.821 bits per heavy atom. The SMILES string of the molecule is O=C(CSc1ccc(-c2ccc([N+](=O)[O-])cc2)nn1)c1ccc([N+](=O)[O-])cc1. The van der Waals surface area contributed by atoms with Gasteiger partial charge in [0.1, 0.15) is 5.03 Å². The maximum Gasteiger partial charge on any atom is 0.269 e. The summed E-state index contributed by atoms with van der Waals surface area (Å²) in [4.78, 5) is 32.5. The zero-order chi connectivity index (χ0) is 20.1. The number of Topliss-reactive ketones (excluding diaryl/α,β-unsaturated/α-hetero) is 1. The number of aromatic nitrogens is 2. The molecule has 0 radical (unpaired) electrons. The van der Waals surface area contributed by atoms with Gasteiger partial charge in [-0.1, -0.05) is 11.8 Å². The highest BCUT2D eigenvalue weighted by atomic mass is 32.2. The van der Waals surface area contributed by atoms with Crippen molar-refractivity contribution in [3.63, 3.8) is 0 Å². The van der Waals surface area contributed by atoms with Crippen LogP contribution in [0.15, 0.2) is 65.7 Å². The van der Waals surface area contributed by atoms with E-state index in [1.54, 1.807) is 24.3 Å². The molecule has 9 nitrogen and oxygen atoms in total. The highest BCUT2D eigenvalue weighted by molar-refractivity contribution is 7.99. The van der Waals surface area contributed by atoms with Crippen molar-refractivity contribution in [2.45, 2.75) is 5.03 Å². The standard InChI is InChI=1S/C18H12N4O5S/c23-17(13-3-7-15(8-4-13)22(26)27)11-28-18-10-9-16(19-20-18)12-1-5-14(6-2-12)21(24)25/h1-10H,11H2. The molecule has 3 aromatic rings. The van der Waals surface area contributed by atoms with Crippen molar-refractivity contribution in [3.05, 3.63) is 86.5 Å². The zero-order valence-corrected chi connectivity index (χ0v) is 15.0. The van der Waals surface area contributed by atoms with Gasteiger partial charge in [-0.15, -0.1) is 10.2 Å². The first kappa shape index (κ1) is 19.1. The molecule has 2 aromatic carbocycles. The summed E-state index contributed by atoms with van der Waals surface area (Å²) in [7, 11) is 0. The van der Waals surface area contributed by atoms with Crippen LogP contribution in [0.25, 0.3) is 11.3 Å². The molecule has 0 unspecified atom stereocenters. The summed E-state index contributed by atoms with van der Waals surface area (Å²) in [6.45, 7) is 0. The molecule has 0 atom stereocenters. The summed E-state index contributed by atoms with van der Waals surface area (Å²) >= 11 is 1.20. The summed E-state index contributed by atoms with van der Waals surface area (Å²) < 4.78 is 0. The molecule has 3 rings (SSSR count). The number of thioether (sulfide) groups is 1.